The van der Waals surface area contributed by atoms with E-state index >= 15 is 0 Å². The molecule has 0 spiro atoms. The second-order valence-electron chi connectivity index (χ2n) is 8.61. The summed E-state index contributed by atoms with van der Waals surface area (Å²) < 4.78 is 27.5. The molecule has 1 saturated heterocycles. The molecular formula is C24H33N3O4S2. The standard InChI is InChI=1S/C24H33N3O4S2/c1-4-26(17-23(28)25-16-21-6-5-15-32-21)24(29)20-11-13-27(14-12-20)33(30,31)22-9-7-19(8-10-22)18(2)3/h5-10,15,18,20H,4,11-14,16-17H2,1-3H3,(H,25,28). The molecule has 0 saturated carbocycles. The van der Waals surface area contributed by atoms with Gasteiger partial charge in [0.05, 0.1) is 18.0 Å². The number of nitrogens with zero attached hydrogens (tertiary/aromatic N) is 2. The zero-order valence-electron chi connectivity index (χ0n) is 19.5. The van der Waals surface area contributed by atoms with Crippen molar-refractivity contribution in [2.45, 2.75) is 51.0 Å². The number of rotatable bonds is 9. The molecule has 1 N–H and O–H groups in total. The average molecular weight is 492 g/mol. The molecule has 1 aliphatic rings. The second kappa shape index (κ2) is 11.3. The highest BCUT2D eigenvalue weighted by Gasteiger charge is 2.34. The monoisotopic (exact) mass is 491 g/mol. The first-order valence-corrected chi connectivity index (χ1v) is 13.7. The maximum atomic E-state index is 13.0. The highest BCUT2D eigenvalue weighted by Crippen LogP contribution is 2.26. The van der Waals surface area contributed by atoms with Gasteiger partial charge in [0.2, 0.25) is 21.8 Å². The number of sulfonamides is 1. The fourth-order valence-electron chi connectivity index (χ4n) is 3.95. The Balaban J connectivity index is 1.53. The molecule has 7 nitrogen and oxygen atoms in total. The van der Waals surface area contributed by atoms with Crippen molar-refractivity contribution >= 4 is 33.2 Å². The second-order valence-corrected chi connectivity index (χ2v) is 11.6. The van der Waals surface area contributed by atoms with Gasteiger partial charge in [0.1, 0.15) is 0 Å². The molecule has 0 atom stereocenters. The maximum absolute atomic E-state index is 13.0. The summed E-state index contributed by atoms with van der Waals surface area (Å²) in [7, 11) is -3.58. The Morgan fingerprint density at radius 2 is 1.82 bits per heavy atom. The van der Waals surface area contributed by atoms with Gasteiger partial charge in [0.25, 0.3) is 0 Å². The predicted molar refractivity (Wildman–Crippen MR) is 130 cm³/mol. The van der Waals surface area contributed by atoms with Crippen LogP contribution in [-0.2, 0) is 26.2 Å². The summed E-state index contributed by atoms with van der Waals surface area (Å²) in [6.07, 6.45) is 0.908. The lowest BCUT2D eigenvalue weighted by Gasteiger charge is -2.33. The van der Waals surface area contributed by atoms with E-state index in [1.807, 2.05) is 36.6 Å². The number of hydrogen-bond donors (Lipinski definition) is 1. The van der Waals surface area contributed by atoms with Crippen molar-refractivity contribution in [3.63, 3.8) is 0 Å². The van der Waals surface area contributed by atoms with Crippen LogP contribution in [0, 0.1) is 5.92 Å². The van der Waals surface area contributed by atoms with Crippen molar-refractivity contribution in [1.29, 1.82) is 0 Å². The van der Waals surface area contributed by atoms with Gasteiger partial charge in [-0.15, -0.1) is 11.3 Å². The number of carbonyl (C=O) groups excluding carboxylic acids is 2. The quantitative estimate of drug-likeness (QED) is 0.582. The molecule has 1 aliphatic heterocycles. The van der Waals surface area contributed by atoms with Crippen molar-refractivity contribution in [1.82, 2.24) is 14.5 Å². The lowest BCUT2D eigenvalue weighted by Crippen LogP contribution is -2.47. The van der Waals surface area contributed by atoms with Gasteiger partial charge >= 0.3 is 0 Å². The fraction of sp³-hybridized carbons (Fsp3) is 0.500. The van der Waals surface area contributed by atoms with Gasteiger partial charge in [-0.2, -0.15) is 4.31 Å². The van der Waals surface area contributed by atoms with Crippen molar-refractivity contribution in [3.05, 3.63) is 52.2 Å². The summed E-state index contributed by atoms with van der Waals surface area (Å²) >= 11 is 1.57. The fourth-order valence-corrected chi connectivity index (χ4v) is 6.06. The van der Waals surface area contributed by atoms with Crippen LogP contribution < -0.4 is 5.32 Å². The molecule has 0 radical (unpaired) electrons. The minimum absolute atomic E-state index is 0.0153. The summed E-state index contributed by atoms with van der Waals surface area (Å²) in [5.74, 6) is -0.210. The van der Waals surface area contributed by atoms with Crippen LogP contribution in [0.25, 0.3) is 0 Å². The topological polar surface area (TPSA) is 86.8 Å². The van der Waals surface area contributed by atoms with Crippen LogP contribution in [0.3, 0.4) is 0 Å². The Morgan fingerprint density at radius 3 is 2.36 bits per heavy atom. The third-order valence-electron chi connectivity index (χ3n) is 6.06. The van der Waals surface area contributed by atoms with Crippen LogP contribution in [0.15, 0.2) is 46.7 Å². The van der Waals surface area contributed by atoms with Gasteiger partial charge < -0.3 is 10.2 Å². The van der Waals surface area contributed by atoms with E-state index in [4.69, 9.17) is 0 Å². The number of likely N-dealkylation sites (N-methyl/N-ethyl adjacent to an activating group) is 1. The summed E-state index contributed by atoms with van der Waals surface area (Å²) in [4.78, 5) is 28.2. The number of benzene rings is 1. The van der Waals surface area contributed by atoms with E-state index < -0.39 is 10.0 Å². The Bertz CT molecular complexity index is 1030. The van der Waals surface area contributed by atoms with Crippen molar-refractivity contribution < 1.29 is 18.0 Å². The molecule has 9 heteroatoms. The van der Waals surface area contributed by atoms with Crippen molar-refractivity contribution in [3.8, 4) is 0 Å². The number of thiophene rings is 1. The SMILES string of the molecule is CCN(CC(=O)NCc1cccs1)C(=O)C1CCN(S(=O)(=O)c2ccc(C(C)C)cc2)CC1. The van der Waals surface area contributed by atoms with Gasteiger partial charge in [-0.25, -0.2) is 8.42 Å². The summed E-state index contributed by atoms with van der Waals surface area (Å²) in [5, 5.41) is 4.81. The molecule has 2 aromatic rings. The predicted octanol–water partition coefficient (Wildman–Crippen LogP) is 3.44. The van der Waals surface area contributed by atoms with Crippen LogP contribution in [0.1, 0.15) is 50.0 Å². The minimum atomic E-state index is -3.58. The van der Waals surface area contributed by atoms with Crippen molar-refractivity contribution in [2.24, 2.45) is 5.92 Å². The van der Waals surface area contributed by atoms with E-state index in [0.717, 1.165) is 10.4 Å². The number of hydrogen-bond acceptors (Lipinski definition) is 5. The zero-order chi connectivity index (χ0) is 24.0. The van der Waals surface area contributed by atoms with E-state index in [1.165, 1.54) is 4.31 Å². The largest absolute Gasteiger partial charge is 0.350 e. The summed E-state index contributed by atoms with van der Waals surface area (Å²) in [5.41, 5.74) is 1.09. The first-order chi connectivity index (χ1) is 15.7. The molecule has 33 heavy (non-hydrogen) atoms. The maximum Gasteiger partial charge on any atom is 0.243 e. The molecule has 1 fully saturated rings. The third-order valence-corrected chi connectivity index (χ3v) is 8.84. The molecule has 1 aromatic heterocycles. The molecular weight excluding hydrogens is 458 g/mol. The molecule has 2 heterocycles. The lowest BCUT2D eigenvalue weighted by atomic mass is 9.96. The number of carbonyl (C=O) groups is 2. The average Bonchev–Trinajstić information content (AvgIpc) is 3.34. The number of nitrogens with one attached hydrogen (secondary N) is 1. The Hall–Kier alpha value is -2.23. The van der Waals surface area contributed by atoms with Gasteiger partial charge in [-0.1, -0.05) is 32.0 Å². The molecule has 1 aromatic carbocycles. The Kier molecular flexibility index (Phi) is 8.67. The van der Waals surface area contributed by atoms with Crippen LogP contribution in [0.2, 0.25) is 0 Å². The number of piperidine rings is 1. The van der Waals surface area contributed by atoms with Gasteiger partial charge in [0.15, 0.2) is 0 Å². The Morgan fingerprint density at radius 1 is 1.15 bits per heavy atom. The first-order valence-electron chi connectivity index (χ1n) is 11.4. The number of amides is 2. The minimum Gasteiger partial charge on any atom is -0.350 e. The normalized spacial score (nSPS) is 15.5. The molecule has 0 aliphatic carbocycles. The smallest absolute Gasteiger partial charge is 0.243 e. The molecule has 3 rings (SSSR count). The van der Waals surface area contributed by atoms with E-state index in [9.17, 15) is 18.0 Å². The molecule has 180 valence electrons. The Labute approximate surface area is 200 Å². The van der Waals surface area contributed by atoms with Crippen LogP contribution in [0.5, 0.6) is 0 Å². The van der Waals surface area contributed by atoms with E-state index in [1.54, 1.807) is 28.4 Å². The van der Waals surface area contributed by atoms with E-state index in [0.29, 0.717) is 44.9 Å². The van der Waals surface area contributed by atoms with E-state index in [-0.39, 0.29) is 29.2 Å². The molecule has 0 bridgehead atoms. The third kappa shape index (κ3) is 6.43. The zero-order valence-corrected chi connectivity index (χ0v) is 21.1. The van der Waals surface area contributed by atoms with Gasteiger partial charge in [-0.05, 0) is 54.8 Å². The van der Waals surface area contributed by atoms with Gasteiger partial charge in [-0.3, -0.25) is 9.59 Å². The van der Waals surface area contributed by atoms with Gasteiger partial charge in [0, 0.05) is 30.4 Å². The summed E-state index contributed by atoms with van der Waals surface area (Å²) in [6.45, 7) is 7.49. The summed E-state index contributed by atoms with van der Waals surface area (Å²) in [6, 6.07) is 10.9. The van der Waals surface area contributed by atoms with Crippen LogP contribution in [-0.4, -0.2) is 55.6 Å². The van der Waals surface area contributed by atoms with Crippen LogP contribution >= 0.6 is 11.3 Å². The highest BCUT2D eigenvalue weighted by molar-refractivity contribution is 7.89. The first kappa shape index (κ1) is 25.4. The van der Waals surface area contributed by atoms with E-state index in [2.05, 4.69) is 19.2 Å². The van der Waals surface area contributed by atoms with Crippen molar-refractivity contribution in [2.75, 3.05) is 26.2 Å². The lowest BCUT2D eigenvalue weighted by molar-refractivity contribution is -0.140. The highest BCUT2D eigenvalue weighted by atomic mass is 32.2. The molecule has 2 amide bonds. The van der Waals surface area contributed by atoms with Crippen LogP contribution in [0.4, 0.5) is 0 Å². The molecule has 0 unspecified atom stereocenters.